The zero-order valence-corrected chi connectivity index (χ0v) is 43.3. The number of carboxylic acids is 1. The Morgan fingerprint density at radius 1 is 0.634 bits per heavy atom. The van der Waals surface area contributed by atoms with Crippen molar-refractivity contribution >= 4 is 68.4 Å². The van der Waals surface area contributed by atoms with Crippen LogP contribution in [0.15, 0.2) is 175 Å². The molecule has 0 saturated carbocycles. The molecular weight excluding hydrogens is 1030 g/mol. The normalized spacial score (nSPS) is 14.2. The van der Waals surface area contributed by atoms with Gasteiger partial charge in [0, 0.05) is 58.5 Å². The number of carbonyl (C=O) groups excluding carboxylic acids is 2. The van der Waals surface area contributed by atoms with E-state index < -0.39 is 13.1 Å². The minimum Gasteiger partial charge on any atom is -0.478 e. The first kappa shape index (κ1) is 53.1. The highest BCUT2D eigenvalue weighted by atomic mass is 79.9. The van der Waals surface area contributed by atoms with E-state index in [1.54, 1.807) is 55.0 Å². The van der Waals surface area contributed by atoms with Crippen molar-refractivity contribution in [1.29, 1.82) is 0 Å². The molecule has 0 aliphatic carbocycles. The summed E-state index contributed by atoms with van der Waals surface area (Å²) >= 11 is 6.68. The fourth-order valence-corrected chi connectivity index (χ4v) is 8.88. The summed E-state index contributed by atoms with van der Waals surface area (Å²) in [5.41, 5.74) is 11.2. The van der Waals surface area contributed by atoms with E-state index >= 15 is 0 Å². The monoisotopic (exact) mass is 1080 g/mol. The van der Waals surface area contributed by atoms with Gasteiger partial charge in [0.2, 0.25) is 0 Å². The molecule has 16 heteroatoms. The molecule has 0 spiro atoms. The van der Waals surface area contributed by atoms with E-state index in [0.717, 1.165) is 70.5 Å². The third-order valence-corrected chi connectivity index (χ3v) is 12.6. The molecular formula is C55H52BBr2N5O8. The molecule has 0 bridgehead atoms. The molecule has 8 aromatic rings. The Morgan fingerprint density at radius 2 is 1.10 bits per heavy atom. The van der Waals surface area contributed by atoms with Crippen LogP contribution in [-0.4, -0.2) is 87.5 Å². The van der Waals surface area contributed by atoms with Crippen LogP contribution in [0, 0.1) is 27.7 Å². The second-order valence-corrected chi connectivity index (χ2v) is 18.2. The van der Waals surface area contributed by atoms with Crippen molar-refractivity contribution < 1.29 is 38.6 Å². The van der Waals surface area contributed by atoms with Crippen LogP contribution in [0.3, 0.4) is 0 Å². The Bertz CT molecular complexity index is 3070. The van der Waals surface area contributed by atoms with Crippen LogP contribution in [0.5, 0.6) is 0 Å². The molecule has 13 nitrogen and oxygen atoms in total. The first-order valence-electron chi connectivity index (χ1n) is 22.3. The Hall–Kier alpha value is -7.24. The van der Waals surface area contributed by atoms with Crippen LogP contribution >= 0.6 is 31.9 Å². The fraction of sp³-hybridized carbons (Fsp3) is 0.164. The zero-order chi connectivity index (χ0) is 51.4. The Morgan fingerprint density at radius 3 is 1.54 bits per heavy atom. The van der Waals surface area contributed by atoms with Gasteiger partial charge in [-0.1, -0.05) is 139 Å². The average Bonchev–Trinajstić information content (AvgIpc) is 4.05. The second kappa shape index (κ2) is 24.5. The average molecular weight is 1080 g/mol. The predicted octanol–water partition coefficient (Wildman–Crippen LogP) is 10.6. The van der Waals surface area contributed by atoms with E-state index in [-0.39, 0.29) is 23.9 Å². The molecule has 2 unspecified atom stereocenters. The minimum absolute atomic E-state index is 0.0196. The number of aromatic nitrogens is 2. The number of benzene rings is 6. The predicted molar refractivity (Wildman–Crippen MR) is 283 cm³/mol. The lowest BCUT2D eigenvalue weighted by Crippen LogP contribution is -2.32. The van der Waals surface area contributed by atoms with Crippen LogP contribution in [0.4, 0.5) is 0 Å². The van der Waals surface area contributed by atoms with Gasteiger partial charge in [-0.05, 0) is 116 Å². The van der Waals surface area contributed by atoms with Gasteiger partial charge in [-0.2, -0.15) is 0 Å². The largest absolute Gasteiger partial charge is 0.494 e. The van der Waals surface area contributed by atoms with Crippen molar-refractivity contribution in [3.05, 3.63) is 228 Å². The number of rotatable bonds is 6. The van der Waals surface area contributed by atoms with Gasteiger partial charge >= 0.3 is 13.1 Å². The highest BCUT2D eigenvalue weighted by Gasteiger charge is 2.36. The topological polar surface area (TPSA) is 183 Å². The smallest absolute Gasteiger partial charge is 0.478 e. The van der Waals surface area contributed by atoms with Crippen molar-refractivity contribution in [3.8, 4) is 11.1 Å². The summed E-state index contributed by atoms with van der Waals surface area (Å²) in [6, 6.07) is 48.5. The first-order chi connectivity index (χ1) is 34.0. The summed E-state index contributed by atoms with van der Waals surface area (Å²) in [6.45, 7) is 7.14. The Kier molecular flexibility index (Phi) is 18.4. The summed E-state index contributed by atoms with van der Waals surface area (Å²) < 4.78 is 11.9. The lowest BCUT2D eigenvalue weighted by atomic mass is 9.79. The van der Waals surface area contributed by atoms with E-state index in [4.69, 9.17) is 19.7 Å². The molecule has 362 valence electrons. The van der Waals surface area contributed by atoms with E-state index in [9.17, 15) is 14.4 Å². The van der Waals surface area contributed by atoms with Gasteiger partial charge in [0.25, 0.3) is 11.8 Å². The summed E-state index contributed by atoms with van der Waals surface area (Å²) in [6.07, 6.45) is 1.83. The molecule has 71 heavy (non-hydrogen) atoms. The van der Waals surface area contributed by atoms with Crippen molar-refractivity contribution in [1.82, 2.24) is 20.1 Å². The van der Waals surface area contributed by atoms with Gasteiger partial charge in [-0.3, -0.25) is 14.6 Å². The fourth-order valence-electron chi connectivity index (χ4n) is 8.24. The quantitative estimate of drug-likeness (QED) is 0.107. The van der Waals surface area contributed by atoms with Crippen molar-refractivity contribution in [2.24, 2.45) is 4.99 Å². The SMILES string of the molecule is CN1C(=O)c2ccc(Br)cc2C1c1ccccc1.CN=Cc1ccccc1.Cc1noc(C)c1-c1ccc2c(c1)C(c1ccccc1)N(C)C2=O.Cc1noc(C)c1B(O)O.O=C(O)c1ccc(Br)cc1. The zero-order valence-electron chi connectivity index (χ0n) is 40.1. The van der Waals surface area contributed by atoms with E-state index in [2.05, 4.69) is 82.0 Å². The number of aromatic carboxylic acids is 1. The summed E-state index contributed by atoms with van der Waals surface area (Å²) in [7, 11) is 4.00. The molecule has 0 saturated heterocycles. The van der Waals surface area contributed by atoms with Gasteiger partial charge in [0.1, 0.15) is 11.5 Å². The molecule has 2 atom stereocenters. The number of hydrogen-bond acceptors (Lipinski definition) is 10. The number of carbonyl (C=O) groups is 3. The van der Waals surface area contributed by atoms with Crippen molar-refractivity contribution in [2.45, 2.75) is 39.8 Å². The minimum atomic E-state index is -1.48. The molecule has 0 radical (unpaired) electrons. The van der Waals surface area contributed by atoms with Gasteiger partial charge in [-0.15, -0.1) is 0 Å². The summed E-state index contributed by atoms with van der Waals surface area (Å²) in [5.74, 6) is 0.497. The van der Waals surface area contributed by atoms with Crippen molar-refractivity contribution in [2.75, 3.05) is 21.1 Å². The van der Waals surface area contributed by atoms with Crippen LogP contribution in [0.25, 0.3) is 11.1 Å². The lowest BCUT2D eigenvalue weighted by molar-refractivity contribution is 0.0695. The third kappa shape index (κ3) is 13.0. The maximum atomic E-state index is 12.6. The molecule has 2 aromatic heterocycles. The van der Waals surface area contributed by atoms with Crippen LogP contribution < -0.4 is 5.46 Å². The number of nitrogens with zero attached hydrogens (tertiary/aromatic N) is 5. The molecule has 2 aliphatic heterocycles. The maximum absolute atomic E-state index is 12.6. The van der Waals surface area contributed by atoms with E-state index in [1.807, 2.05) is 131 Å². The molecule has 10 rings (SSSR count). The summed E-state index contributed by atoms with van der Waals surface area (Å²) in [5, 5.41) is 33.5. The molecule has 4 heterocycles. The van der Waals surface area contributed by atoms with Crippen LogP contribution in [0.2, 0.25) is 0 Å². The van der Waals surface area contributed by atoms with Gasteiger partial charge < -0.3 is 34.0 Å². The standard InChI is InChI=1S/C20H18N2O2.C15H12BrNO.C8H9N.C7H5BrO2.C5H8BNO3/c1-12-18(13(2)24-21-12)15-9-10-16-17(11-15)19(22(3)20(16)23)14-7-5-4-6-8-14;1-17-14(10-5-3-2-4-6-10)13-9-11(16)7-8-12(13)15(17)18;1-9-7-8-5-3-2-4-6-8;8-6-3-1-5(2-4-6)7(9)10;1-3-5(6(8)9)4(2)10-7-3/h4-11,19H,1-3H3;2-9,14H,1H3;2-7H,1H3;1-4H,(H,9,10);8-9H,1-2H3. The second-order valence-electron chi connectivity index (χ2n) is 16.4. The van der Waals surface area contributed by atoms with Crippen LogP contribution in [0.1, 0.15) is 93.9 Å². The number of fused-ring (bicyclic) bond motifs is 2. The Labute approximate surface area is 429 Å². The van der Waals surface area contributed by atoms with Crippen molar-refractivity contribution in [3.63, 3.8) is 0 Å². The Balaban J connectivity index is 0.000000155. The van der Waals surface area contributed by atoms with E-state index in [1.165, 1.54) is 0 Å². The molecule has 0 fully saturated rings. The highest BCUT2D eigenvalue weighted by molar-refractivity contribution is 9.10. The molecule has 3 N–H and O–H groups in total. The number of aryl methyl sites for hydroxylation is 4. The lowest BCUT2D eigenvalue weighted by Gasteiger charge is -2.21. The van der Waals surface area contributed by atoms with Gasteiger partial charge in [0.15, 0.2) is 0 Å². The number of aliphatic imine (C=N–C) groups is 1. The maximum Gasteiger partial charge on any atom is 0.494 e. The summed E-state index contributed by atoms with van der Waals surface area (Å²) in [4.78, 5) is 42.6. The number of hydrogen-bond donors (Lipinski definition) is 3. The third-order valence-electron chi connectivity index (χ3n) is 11.6. The number of carboxylic acid groups (broad SMARTS) is 1. The van der Waals surface area contributed by atoms with Gasteiger partial charge in [-0.25, -0.2) is 4.79 Å². The van der Waals surface area contributed by atoms with Gasteiger partial charge in [0.05, 0.1) is 29.0 Å². The van der Waals surface area contributed by atoms with E-state index in [0.29, 0.717) is 22.5 Å². The molecule has 6 aromatic carbocycles. The first-order valence-corrected chi connectivity index (χ1v) is 23.9. The number of amides is 2. The molecule has 2 amide bonds. The molecule has 2 aliphatic rings. The number of halogens is 2. The van der Waals surface area contributed by atoms with Crippen LogP contribution in [-0.2, 0) is 0 Å². The highest BCUT2D eigenvalue weighted by Crippen LogP contribution is 2.41.